The molecule has 0 saturated carbocycles. The molecule has 0 bridgehead atoms. The van der Waals surface area contributed by atoms with Crippen LogP contribution in [-0.4, -0.2) is 39.3 Å². The lowest BCUT2D eigenvalue weighted by Gasteiger charge is -2.14. The van der Waals surface area contributed by atoms with Crippen molar-refractivity contribution in [2.24, 2.45) is 5.92 Å². The number of methoxy groups -OCH3 is 1. The third-order valence-corrected chi connectivity index (χ3v) is 4.39. The van der Waals surface area contributed by atoms with Crippen LogP contribution < -0.4 is 15.4 Å². The maximum atomic E-state index is 12.1. The number of hydrogen-bond acceptors (Lipinski definition) is 4. The van der Waals surface area contributed by atoms with Crippen molar-refractivity contribution in [3.8, 4) is 5.75 Å². The van der Waals surface area contributed by atoms with E-state index in [-0.39, 0.29) is 18.3 Å². The summed E-state index contributed by atoms with van der Waals surface area (Å²) in [6.07, 6.45) is 3.60. The number of hydrogen-bond donors (Lipinski definition) is 2. The van der Waals surface area contributed by atoms with Crippen LogP contribution in [0.25, 0.3) is 0 Å². The molecule has 1 fully saturated rings. The molecule has 0 radical (unpaired) electrons. The normalized spacial score (nSPS) is 16.3. The van der Waals surface area contributed by atoms with Gasteiger partial charge in [0, 0.05) is 38.7 Å². The van der Waals surface area contributed by atoms with Gasteiger partial charge in [-0.15, -0.1) is 12.4 Å². The van der Waals surface area contributed by atoms with Crippen LogP contribution in [-0.2, 0) is 16.1 Å². The number of amides is 1. The number of carbonyl (C=O) groups excluding carboxylic acids is 1. The molecule has 1 saturated heterocycles. The summed E-state index contributed by atoms with van der Waals surface area (Å²) in [6, 6.07) is 6.11. The molecule has 25 heavy (non-hydrogen) atoms. The van der Waals surface area contributed by atoms with Gasteiger partial charge >= 0.3 is 0 Å². The van der Waals surface area contributed by atoms with Crippen LogP contribution in [0.4, 0.5) is 0 Å². The second-order valence-electron chi connectivity index (χ2n) is 6.48. The van der Waals surface area contributed by atoms with Gasteiger partial charge in [0.2, 0.25) is 5.91 Å². The van der Waals surface area contributed by atoms with Crippen LogP contribution in [0.5, 0.6) is 5.75 Å². The van der Waals surface area contributed by atoms with Crippen molar-refractivity contribution in [3.05, 3.63) is 29.3 Å². The lowest BCUT2D eigenvalue weighted by molar-refractivity contribution is -0.121. The molecular weight excluding hydrogens is 340 g/mol. The smallest absolute Gasteiger partial charge is 0.220 e. The van der Waals surface area contributed by atoms with E-state index in [1.165, 1.54) is 6.42 Å². The maximum absolute atomic E-state index is 12.1. The topological polar surface area (TPSA) is 59.6 Å². The third kappa shape index (κ3) is 8.08. The summed E-state index contributed by atoms with van der Waals surface area (Å²) in [7, 11) is 1.69. The van der Waals surface area contributed by atoms with Gasteiger partial charge in [-0.25, -0.2) is 0 Å². The third-order valence-electron chi connectivity index (χ3n) is 4.39. The SMILES string of the molecule is COCCCOc1cc(C)ccc1CNC(=O)CCC1CCNC1.Cl. The Morgan fingerprint density at radius 2 is 2.20 bits per heavy atom. The molecular formula is C19H31ClN2O3. The second kappa shape index (κ2) is 12.1. The molecule has 2 rings (SSSR count). The Morgan fingerprint density at radius 3 is 2.92 bits per heavy atom. The van der Waals surface area contributed by atoms with E-state index in [0.29, 0.717) is 32.1 Å². The van der Waals surface area contributed by atoms with E-state index in [2.05, 4.69) is 10.6 Å². The lowest BCUT2D eigenvalue weighted by atomic mass is 10.0. The fourth-order valence-corrected chi connectivity index (χ4v) is 2.91. The molecule has 0 spiro atoms. The van der Waals surface area contributed by atoms with E-state index >= 15 is 0 Å². The standard InChI is InChI=1S/C19H30N2O3.ClH/c1-15-4-6-17(18(12-15)24-11-3-10-23-2)14-21-19(22)7-5-16-8-9-20-13-16;/h4,6,12,16,20H,3,5,7-11,13-14H2,1-2H3,(H,21,22);1H. The van der Waals surface area contributed by atoms with Gasteiger partial charge in [-0.1, -0.05) is 12.1 Å². The average Bonchev–Trinajstić information content (AvgIpc) is 3.09. The summed E-state index contributed by atoms with van der Waals surface area (Å²) < 4.78 is 10.9. The highest BCUT2D eigenvalue weighted by Gasteiger charge is 2.15. The Bertz CT molecular complexity index is 519. The molecule has 1 atom stereocenters. The summed E-state index contributed by atoms with van der Waals surface area (Å²) in [4.78, 5) is 12.1. The van der Waals surface area contributed by atoms with Crippen LogP contribution in [0.3, 0.4) is 0 Å². The Labute approximate surface area is 157 Å². The van der Waals surface area contributed by atoms with Crippen molar-refractivity contribution in [2.45, 2.75) is 39.2 Å². The molecule has 0 aliphatic carbocycles. The van der Waals surface area contributed by atoms with Crippen molar-refractivity contribution in [3.63, 3.8) is 0 Å². The number of halogens is 1. The molecule has 142 valence electrons. The van der Waals surface area contributed by atoms with E-state index in [0.717, 1.165) is 42.8 Å². The second-order valence-corrected chi connectivity index (χ2v) is 6.48. The molecule has 6 heteroatoms. The average molecular weight is 371 g/mol. The molecule has 5 nitrogen and oxygen atoms in total. The van der Waals surface area contributed by atoms with Crippen LogP contribution in [0.1, 0.15) is 36.8 Å². The zero-order valence-electron chi connectivity index (χ0n) is 15.3. The number of carbonyl (C=O) groups is 1. The molecule has 1 aromatic carbocycles. The van der Waals surface area contributed by atoms with E-state index in [1.807, 2.05) is 25.1 Å². The molecule has 1 aliphatic rings. The van der Waals surface area contributed by atoms with Crippen LogP contribution in [0.2, 0.25) is 0 Å². The zero-order valence-corrected chi connectivity index (χ0v) is 16.1. The van der Waals surface area contributed by atoms with Gasteiger partial charge in [0.15, 0.2) is 0 Å². The summed E-state index contributed by atoms with van der Waals surface area (Å²) in [5, 5.41) is 6.36. The number of nitrogens with one attached hydrogen (secondary N) is 2. The number of aryl methyl sites for hydroxylation is 1. The quantitative estimate of drug-likeness (QED) is 0.622. The Balaban J connectivity index is 0.00000312. The Hall–Kier alpha value is -1.30. The fourth-order valence-electron chi connectivity index (χ4n) is 2.91. The fraction of sp³-hybridized carbons (Fsp3) is 0.632. The first kappa shape index (κ1) is 21.7. The first-order valence-electron chi connectivity index (χ1n) is 8.87. The van der Waals surface area contributed by atoms with Crippen molar-refractivity contribution in [1.82, 2.24) is 10.6 Å². The van der Waals surface area contributed by atoms with Gasteiger partial charge in [0.05, 0.1) is 6.61 Å². The number of rotatable bonds is 10. The van der Waals surface area contributed by atoms with E-state index in [9.17, 15) is 4.79 Å². The highest BCUT2D eigenvalue weighted by atomic mass is 35.5. The summed E-state index contributed by atoms with van der Waals surface area (Å²) in [5.41, 5.74) is 2.18. The van der Waals surface area contributed by atoms with Crippen molar-refractivity contribution in [2.75, 3.05) is 33.4 Å². The van der Waals surface area contributed by atoms with Gasteiger partial charge < -0.3 is 20.1 Å². The predicted octanol–water partition coefficient (Wildman–Crippen LogP) is 2.84. The number of benzene rings is 1. The first-order chi connectivity index (χ1) is 11.7. The summed E-state index contributed by atoms with van der Waals surface area (Å²) >= 11 is 0. The predicted molar refractivity (Wildman–Crippen MR) is 102 cm³/mol. The van der Waals surface area contributed by atoms with Crippen LogP contribution >= 0.6 is 12.4 Å². The van der Waals surface area contributed by atoms with Crippen molar-refractivity contribution in [1.29, 1.82) is 0 Å². The molecule has 1 aliphatic heterocycles. The Morgan fingerprint density at radius 1 is 1.36 bits per heavy atom. The van der Waals surface area contributed by atoms with E-state index < -0.39 is 0 Å². The lowest BCUT2D eigenvalue weighted by Crippen LogP contribution is -2.24. The molecule has 1 unspecified atom stereocenters. The minimum absolute atomic E-state index is 0. The van der Waals surface area contributed by atoms with Crippen molar-refractivity contribution >= 4 is 18.3 Å². The minimum atomic E-state index is 0. The monoisotopic (exact) mass is 370 g/mol. The minimum Gasteiger partial charge on any atom is -0.493 e. The first-order valence-corrected chi connectivity index (χ1v) is 8.87. The molecule has 0 aromatic heterocycles. The van der Waals surface area contributed by atoms with Gasteiger partial charge in [-0.05, 0) is 50.4 Å². The Kier molecular flexibility index (Phi) is 10.5. The van der Waals surface area contributed by atoms with Crippen LogP contribution in [0.15, 0.2) is 18.2 Å². The van der Waals surface area contributed by atoms with E-state index in [4.69, 9.17) is 9.47 Å². The van der Waals surface area contributed by atoms with Gasteiger partial charge in [-0.3, -0.25) is 4.79 Å². The maximum Gasteiger partial charge on any atom is 0.220 e. The van der Waals surface area contributed by atoms with Gasteiger partial charge in [-0.2, -0.15) is 0 Å². The summed E-state index contributed by atoms with van der Waals surface area (Å²) in [5.74, 6) is 1.62. The number of ether oxygens (including phenoxy) is 2. The van der Waals surface area contributed by atoms with E-state index in [1.54, 1.807) is 7.11 Å². The van der Waals surface area contributed by atoms with Gasteiger partial charge in [0.1, 0.15) is 5.75 Å². The summed E-state index contributed by atoms with van der Waals surface area (Å²) in [6.45, 7) is 5.99. The molecule has 1 heterocycles. The highest BCUT2D eigenvalue weighted by Crippen LogP contribution is 2.21. The highest BCUT2D eigenvalue weighted by molar-refractivity contribution is 5.85. The van der Waals surface area contributed by atoms with Crippen molar-refractivity contribution < 1.29 is 14.3 Å². The molecule has 2 N–H and O–H groups in total. The largest absolute Gasteiger partial charge is 0.493 e. The molecule has 1 aromatic rings. The molecule has 1 amide bonds. The van der Waals surface area contributed by atoms with Gasteiger partial charge in [0.25, 0.3) is 0 Å². The van der Waals surface area contributed by atoms with Crippen LogP contribution in [0, 0.1) is 12.8 Å². The zero-order chi connectivity index (χ0) is 17.2.